The normalized spacial score (nSPS) is 13.5. The molecule has 0 bridgehead atoms. The minimum absolute atomic E-state index is 0.319. The molecule has 0 N–H and O–H groups in total. The number of hydrogen-bond acceptors (Lipinski definition) is 1. The average Bonchev–Trinajstić information content (AvgIpc) is 1.85. The first kappa shape index (κ1) is 12.5. The molecule has 0 aromatic carbocycles. The summed E-state index contributed by atoms with van der Waals surface area (Å²) in [5, 5.41) is 0.319. The highest BCUT2D eigenvalue weighted by Crippen LogP contribution is 2.36. The minimum Gasteiger partial charge on any atom is -0.417 e. The predicted octanol–water partition coefficient (Wildman–Crippen LogP) is 3.64. The standard InChI is InChI=1S/C9H21ClOSi/c1-9(2,3)12(4,5)11-8-6-7-10/h6-8H2,1-5H3. The summed E-state index contributed by atoms with van der Waals surface area (Å²) in [6.45, 7) is 12.1. The molecule has 1 nitrogen and oxygen atoms in total. The fourth-order valence-electron chi connectivity index (χ4n) is 0.598. The first-order chi connectivity index (χ1) is 5.31. The van der Waals surface area contributed by atoms with E-state index in [1.165, 1.54) is 0 Å². The molecule has 0 rings (SSSR count). The van der Waals surface area contributed by atoms with E-state index >= 15 is 0 Å². The monoisotopic (exact) mass is 208 g/mol. The summed E-state index contributed by atoms with van der Waals surface area (Å²) >= 11 is 5.58. The Morgan fingerprint density at radius 1 is 1.25 bits per heavy atom. The van der Waals surface area contributed by atoms with E-state index in [1.807, 2.05) is 0 Å². The van der Waals surface area contributed by atoms with Crippen molar-refractivity contribution in [3.05, 3.63) is 0 Å². The molecule has 12 heavy (non-hydrogen) atoms. The molecule has 0 unspecified atom stereocenters. The zero-order valence-corrected chi connectivity index (χ0v) is 10.7. The van der Waals surface area contributed by atoms with Crippen LogP contribution in [-0.4, -0.2) is 20.8 Å². The minimum atomic E-state index is -1.50. The van der Waals surface area contributed by atoms with E-state index in [9.17, 15) is 0 Å². The lowest BCUT2D eigenvalue weighted by atomic mass is 10.2. The lowest BCUT2D eigenvalue weighted by Crippen LogP contribution is -2.41. The number of alkyl halides is 1. The highest BCUT2D eigenvalue weighted by molar-refractivity contribution is 6.74. The topological polar surface area (TPSA) is 9.23 Å². The van der Waals surface area contributed by atoms with E-state index in [1.54, 1.807) is 0 Å². The Hall–Kier alpha value is 0.467. The molecule has 0 heterocycles. The second kappa shape index (κ2) is 4.63. The summed E-state index contributed by atoms with van der Waals surface area (Å²) in [6, 6.07) is 0. The molecule has 74 valence electrons. The summed E-state index contributed by atoms with van der Waals surface area (Å²) in [5.74, 6) is 0.703. The van der Waals surface area contributed by atoms with Gasteiger partial charge in [-0.15, -0.1) is 11.6 Å². The van der Waals surface area contributed by atoms with Crippen molar-refractivity contribution < 1.29 is 4.43 Å². The van der Waals surface area contributed by atoms with Crippen LogP contribution in [-0.2, 0) is 4.43 Å². The van der Waals surface area contributed by atoms with E-state index in [0.29, 0.717) is 10.9 Å². The summed E-state index contributed by atoms with van der Waals surface area (Å²) in [6.07, 6.45) is 0.966. The fourth-order valence-corrected chi connectivity index (χ4v) is 1.80. The van der Waals surface area contributed by atoms with Gasteiger partial charge in [0, 0.05) is 12.5 Å². The van der Waals surface area contributed by atoms with Gasteiger partial charge >= 0.3 is 0 Å². The molecular formula is C9H21ClOSi. The Morgan fingerprint density at radius 2 is 1.75 bits per heavy atom. The molecule has 3 heteroatoms. The number of hydrogen-bond donors (Lipinski definition) is 0. The molecule has 0 aromatic rings. The van der Waals surface area contributed by atoms with Crippen molar-refractivity contribution >= 4 is 19.9 Å². The van der Waals surface area contributed by atoms with Crippen molar-refractivity contribution in [3.8, 4) is 0 Å². The van der Waals surface area contributed by atoms with Gasteiger partial charge in [0.25, 0.3) is 0 Å². The van der Waals surface area contributed by atoms with E-state index in [4.69, 9.17) is 16.0 Å². The third-order valence-electron chi connectivity index (χ3n) is 2.55. The third-order valence-corrected chi connectivity index (χ3v) is 7.35. The number of halogens is 1. The van der Waals surface area contributed by atoms with E-state index < -0.39 is 8.32 Å². The third kappa shape index (κ3) is 3.92. The van der Waals surface area contributed by atoms with E-state index in [2.05, 4.69) is 33.9 Å². The van der Waals surface area contributed by atoms with Gasteiger partial charge in [-0.1, -0.05) is 20.8 Å². The maximum absolute atomic E-state index is 5.89. The lowest BCUT2D eigenvalue weighted by Gasteiger charge is -2.36. The Labute approximate surface area is 82.6 Å². The van der Waals surface area contributed by atoms with Crippen molar-refractivity contribution in [1.82, 2.24) is 0 Å². The summed E-state index contributed by atoms with van der Waals surface area (Å²) in [7, 11) is -1.50. The molecule has 0 amide bonds. The predicted molar refractivity (Wildman–Crippen MR) is 58.5 cm³/mol. The van der Waals surface area contributed by atoms with Gasteiger partial charge in [0.2, 0.25) is 0 Å². The van der Waals surface area contributed by atoms with Crippen molar-refractivity contribution in [2.75, 3.05) is 12.5 Å². The number of rotatable bonds is 4. The molecule has 0 aliphatic rings. The molecule has 0 aliphatic carbocycles. The lowest BCUT2D eigenvalue weighted by molar-refractivity contribution is 0.289. The molecule has 0 aromatic heterocycles. The Balaban J connectivity index is 3.88. The van der Waals surface area contributed by atoms with Gasteiger partial charge in [-0.2, -0.15) is 0 Å². The average molecular weight is 209 g/mol. The van der Waals surface area contributed by atoms with Gasteiger partial charge < -0.3 is 4.43 Å². The van der Waals surface area contributed by atoms with Gasteiger partial charge in [-0.3, -0.25) is 0 Å². The van der Waals surface area contributed by atoms with Crippen molar-refractivity contribution in [1.29, 1.82) is 0 Å². The smallest absolute Gasteiger partial charge is 0.191 e. The fraction of sp³-hybridized carbons (Fsp3) is 1.00. The molecule has 0 saturated heterocycles. The molecule has 0 spiro atoms. The SMILES string of the molecule is CC(C)(C)[Si](C)(C)OCCCCl. The quantitative estimate of drug-likeness (QED) is 0.390. The van der Waals surface area contributed by atoms with Crippen LogP contribution in [0.2, 0.25) is 18.1 Å². The zero-order valence-electron chi connectivity index (χ0n) is 8.91. The van der Waals surface area contributed by atoms with Crippen LogP contribution < -0.4 is 0 Å². The largest absolute Gasteiger partial charge is 0.417 e. The molecule has 0 atom stereocenters. The maximum Gasteiger partial charge on any atom is 0.191 e. The van der Waals surface area contributed by atoms with Crippen LogP contribution in [0.15, 0.2) is 0 Å². The van der Waals surface area contributed by atoms with Crippen LogP contribution >= 0.6 is 11.6 Å². The summed E-state index contributed by atoms with van der Waals surface area (Å²) in [5.41, 5.74) is 0. The van der Waals surface area contributed by atoms with Gasteiger partial charge in [0.15, 0.2) is 8.32 Å². The Kier molecular flexibility index (Phi) is 4.81. The Morgan fingerprint density at radius 3 is 2.08 bits per heavy atom. The molecule has 0 radical (unpaired) electrons. The van der Waals surface area contributed by atoms with Crippen LogP contribution in [0, 0.1) is 0 Å². The van der Waals surface area contributed by atoms with Crippen LogP contribution in [0.25, 0.3) is 0 Å². The van der Waals surface area contributed by atoms with Crippen LogP contribution in [0.1, 0.15) is 27.2 Å². The molecule has 0 aliphatic heterocycles. The molecule has 0 fully saturated rings. The summed E-state index contributed by atoms with van der Waals surface area (Å²) in [4.78, 5) is 0. The van der Waals surface area contributed by atoms with Gasteiger partial charge in [0.05, 0.1) is 0 Å². The van der Waals surface area contributed by atoms with Crippen LogP contribution in [0.4, 0.5) is 0 Å². The zero-order chi connectivity index (χ0) is 9.83. The second-order valence-electron chi connectivity index (χ2n) is 4.65. The van der Waals surface area contributed by atoms with Crippen molar-refractivity contribution in [3.63, 3.8) is 0 Å². The highest BCUT2D eigenvalue weighted by Gasteiger charge is 2.36. The van der Waals surface area contributed by atoms with Gasteiger partial charge in [-0.25, -0.2) is 0 Å². The molecule has 0 saturated carbocycles. The van der Waals surface area contributed by atoms with Crippen LogP contribution in [0.5, 0.6) is 0 Å². The highest BCUT2D eigenvalue weighted by atomic mass is 35.5. The maximum atomic E-state index is 5.89. The Bertz CT molecular complexity index is 129. The second-order valence-corrected chi connectivity index (χ2v) is 9.84. The van der Waals surface area contributed by atoms with E-state index in [0.717, 1.165) is 13.0 Å². The van der Waals surface area contributed by atoms with Crippen LogP contribution in [0.3, 0.4) is 0 Å². The van der Waals surface area contributed by atoms with Crippen molar-refractivity contribution in [2.45, 2.75) is 45.3 Å². The summed E-state index contributed by atoms with van der Waals surface area (Å²) < 4.78 is 5.89. The first-order valence-electron chi connectivity index (χ1n) is 4.51. The van der Waals surface area contributed by atoms with E-state index in [-0.39, 0.29) is 0 Å². The molecular weight excluding hydrogens is 188 g/mol. The van der Waals surface area contributed by atoms with Gasteiger partial charge in [-0.05, 0) is 24.6 Å². The van der Waals surface area contributed by atoms with Crippen molar-refractivity contribution in [2.24, 2.45) is 0 Å². The van der Waals surface area contributed by atoms with Gasteiger partial charge in [0.1, 0.15) is 0 Å². The first-order valence-corrected chi connectivity index (χ1v) is 7.95.